The maximum Gasteiger partial charge on any atom is 0.301 e. The molecule has 7 heteroatoms. The third kappa shape index (κ3) is 3.88. The van der Waals surface area contributed by atoms with E-state index in [1.807, 2.05) is 0 Å². The van der Waals surface area contributed by atoms with E-state index in [1.54, 1.807) is 20.8 Å². The third-order valence-corrected chi connectivity index (χ3v) is 5.31. The fraction of sp³-hybridized carbons (Fsp3) is 0.588. The zero-order chi connectivity index (χ0) is 18.1. The molecule has 1 heterocycles. The molecule has 0 N–H and O–H groups in total. The van der Waals surface area contributed by atoms with Crippen LogP contribution in [0.3, 0.4) is 0 Å². The molecular formula is C17H22F3NO2S. The fourth-order valence-electron chi connectivity index (χ4n) is 2.42. The van der Waals surface area contributed by atoms with Crippen LogP contribution in [0.1, 0.15) is 51.7 Å². The van der Waals surface area contributed by atoms with Crippen molar-refractivity contribution in [1.29, 1.82) is 0 Å². The van der Waals surface area contributed by atoms with Crippen LogP contribution in [0.4, 0.5) is 13.2 Å². The van der Waals surface area contributed by atoms with Gasteiger partial charge in [0, 0.05) is 12.2 Å². The van der Waals surface area contributed by atoms with Crippen LogP contribution >= 0.6 is 0 Å². The van der Waals surface area contributed by atoms with Gasteiger partial charge in [-0.25, -0.2) is 8.60 Å². The van der Waals surface area contributed by atoms with E-state index in [9.17, 15) is 17.4 Å². The summed E-state index contributed by atoms with van der Waals surface area (Å²) in [6.07, 6.45) is -0.590. The molecule has 1 aliphatic heterocycles. The highest BCUT2D eigenvalue weighted by Gasteiger charge is 2.46. The van der Waals surface area contributed by atoms with Crippen molar-refractivity contribution in [2.24, 2.45) is 4.40 Å². The molecule has 1 aliphatic rings. The molecule has 0 aliphatic carbocycles. The summed E-state index contributed by atoms with van der Waals surface area (Å²) in [5, 5.41) is 0. The Hall–Kier alpha value is -1.21. The Bertz CT molecular complexity index is 662. The molecule has 0 amide bonds. The first-order chi connectivity index (χ1) is 11.0. The van der Waals surface area contributed by atoms with Crippen molar-refractivity contribution in [3.05, 3.63) is 35.1 Å². The van der Waals surface area contributed by atoms with Crippen LogP contribution in [-0.2, 0) is 21.6 Å². The van der Waals surface area contributed by atoms with E-state index in [2.05, 4.69) is 4.40 Å². The Morgan fingerprint density at radius 3 is 2.54 bits per heavy atom. The van der Waals surface area contributed by atoms with Crippen LogP contribution in [0.15, 0.2) is 22.6 Å². The molecule has 134 valence electrons. The van der Waals surface area contributed by atoms with Gasteiger partial charge in [0.25, 0.3) is 0 Å². The quantitative estimate of drug-likeness (QED) is 0.747. The summed E-state index contributed by atoms with van der Waals surface area (Å²) in [6.45, 7) is 6.93. The number of alkyl halides is 2. The van der Waals surface area contributed by atoms with E-state index >= 15 is 0 Å². The predicted octanol–water partition coefficient (Wildman–Crippen LogP) is 4.37. The van der Waals surface area contributed by atoms with Gasteiger partial charge in [-0.15, -0.1) is 0 Å². The molecule has 24 heavy (non-hydrogen) atoms. The summed E-state index contributed by atoms with van der Waals surface area (Å²) in [5.41, 5.74) is -0.642. The van der Waals surface area contributed by atoms with Gasteiger partial charge in [-0.05, 0) is 46.6 Å². The first kappa shape index (κ1) is 19.1. The highest BCUT2D eigenvalue weighted by molar-refractivity contribution is 7.85. The number of hydrogen-bond donors (Lipinski definition) is 0. The number of ether oxygens (including phenoxy) is 1. The minimum Gasteiger partial charge on any atom is -0.372 e. The number of halogens is 3. The number of nitrogens with zero attached hydrogens (tertiary/aromatic N) is 1. The Kier molecular flexibility index (Phi) is 5.54. The molecule has 0 spiro atoms. The van der Waals surface area contributed by atoms with E-state index in [4.69, 9.17) is 4.74 Å². The second-order valence-electron chi connectivity index (χ2n) is 6.83. The molecule has 1 aromatic carbocycles. The van der Waals surface area contributed by atoms with Gasteiger partial charge in [0.05, 0.1) is 16.0 Å². The maximum absolute atomic E-state index is 14.7. The normalized spacial score (nSPS) is 21.1. The van der Waals surface area contributed by atoms with Gasteiger partial charge in [-0.2, -0.15) is 13.2 Å². The average molecular weight is 361 g/mol. The highest BCUT2D eigenvalue weighted by Crippen LogP contribution is 2.40. The summed E-state index contributed by atoms with van der Waals surface area (Å²) >= 11 is 0. The van der Waals surface area contributed by atoms with Crippen LogP contribution < -0.4 is 0 Å². The molecule has 0 saturated carbocycles. The zero-order valence-electron chi connectivity index (χ0n) is 14.2. The molecule has 3 nitrogen and oxygen atoms in total. The van der Waals surface area contributed by atoms with Gasteiger partial charge in [0.15, 0.2) is 0 Å². The van der Waals surface area contributed by atoms with Crippen molar-refractivity contribution in [3.8, 4) is 0 Å². The molecule has 1 fully saturated rings. The van der Waals surface area contributed by atoms with Crippen LogP contribution in [0.5, 0.6) is 0 Å². The third-order valence-electron chi connectivity index (χ3n) is 3.83. The van der Waals surface area contributed by atoms with Crippen molar-refractivity contribution in [1.82, 2.24) is 0 Å². The summed E-state index contributed by atoms with van der Waals surface area (Å²) in [4.78, 5) is 0. The number of rotatable bonds is 4. The molecule has 2 rings (SSSR count). The van der Waals surface area contributed by atoms with Crippen molar-refractivity contribution in [3.63, 3.8) is 0 Å². The first-order valence-corrected chi connectivity index (χ1v) is 8.92. The Labute approximate surface area is 142 Å². The minimum absolute atomic E-state index is 0.0669. The lowest BCUT2D eigenvalue weighted by atomic mass is 9.97. The largest absolute Gasteiger partial charge is 0.372 e. The van der Waals surface area contributed by atoms with Crippen molar-refractivity contribution >= 4 is 16.7 Å². The van der Waals surface area contributed by atoms with Crippen LogP contribution in [0.25, 0.3) is 0 Å². The lowest BCUT2D eigenvalue weighted by Gasteiger charge is -2.24. The van der Waals surface area contributed by atoms with E-state index in [-0.39, 0.29) is 24.3 Å². The Morgan fingerprint density at radius 2 is 2.00 bits per heavy atom. The second kappa shape index (κ2) is 6.96. The summed E-state index contributed by atoms with van der Waals surface area (Å²) < 4.78 is 64.3. The summed E-state index contributed by atoms with van der Waals surface area (Å²) in [6, 6.07) is 3.78. The van der Waals surface area contributed by atoms with Gasteiger partial charge in [0.2, 0.25) is 0 Å². The Balaban J connectivity index is 2.41. The maximum atomic E-state index is 14.7. The average Bonchev–Trinajstić information content (AvgIpc) is 3.01. The predicted molar refractivity (Wildman–Crippen MR) is 89.4 cm³/mol. The topological polar surface area (TPSA) is 38.7 Å². The van der Waals surface area contributed by atoms with Crippen LogP contribution in [0, 0.1) is 5.82 Å². The first-order valence-electron chi connectivity index (χ1n) is 7.81. The molecule has 1 saturated heterocycles. The van der Waals surface area contributed by atoms with E-state index in [0.717, 1.165) is 6.07 Å². The fourth-order valence-corrected chi connectivity index (χ4v) is 3.04. The smallest absolute Gasteiger partial charge is 0.301 e. The van der Waals surface area contributed by atoms with Gasteiger partial charge in [0.1, 0.15) is 22.9 Å². The number of hydrogen-bond acceptors (Lipinski definition) is 2. The molecular weight excluding hydrogens is 339 g/mol. The molecule has 0 unspecified atom stereocenters. The summed E-state index contributed by atoms with van der Waals surface area (Å²) in [5.74, 6) is -4.45. The van der Waals surface area contributed by atoms with Crippen LogP contribution in [0.2, 0.25) is 0 Å². The standard InChI is InChI=1S/C17H22F3NO2S/c1-11(21-24(22)16(2,3)4)12-7-5-8-13(15(12)18)17(19,20)14-9-6-10-23-14/h5,7-8,14H,6,9-10H2,1-4H3/b21-11+/t14-,24-/m1/s1. The minimum atomic E-state index is -3.42. The van der Waals surface area contributed by atoms with Crippen molar-refractivity contribution in [2.45, 2.75) is 57.3 Å². The van der Waals surface area contributed by atoms with Gasteiger partial charge < -0.3 is 4.74 Å². The Morgan fingerprint density at radius 1 is 1.33 bits per heavy atom. The SMILES string of the molecule is C/C(=N\[S@](=O)C(C)(C)C)c1cccc(C(F)(F)[C@H]2CCCO2)c1F. The van der Waals surface area contributed by atoms with Crippen molar-refractivity contribution in [2.75, 3.05) is 6.61 Å². The van der Waals surface area contributed by atoms with Gasteiger partial charge in [-0.1, -0.05) is 12.1 Å². The monoisotopic (exact) mass is 361 g/mol. The lowest BCUT2D eigenvalue weighted by Crippen LogP contribution is -2.31. The molecule has 0 radical (unpaired) electrons. The lowest BCUT2D eigenvalue weighted by molar-refractivity contribution is -0.124. The van der Waals surface area contributed by atoms with Crippen LogP contribution in [-0.4, -0.2) is 27.4 Å². The summed E-state index contributed by atoms with van der Waals surface area (Å²) in [7, 11) is -1.60. The second-order valence-corrected chi connectivity index (χ2v) is 8.74. The van der Waals surface area contributed by atoms with Gasteiger partial charge in [-0.3, -0.25) is 0 Å². The van der Waals surface area contributed by atoms with Gasteiger partial charge >= 0.3 is 5.92 Å². The number of benzene rings is 1. The van der Waals surface area contributed by atoms with Crippen molar-refractivity contribution < 1.29 is 22.1 Å². The zero-order valence-corrected chi connectivity index (χ0v) is 15.1. The molecule has 0 bridgehead atoms. The molecule has 0 aromatic heterocycles. The molecule has 2 atom stereocenters. The van der Waals surface area contributed by atoms with E-state index < -0.39 is 39.1 Å². The van der Waals surface area contributed by atoms with E-state index in [1.165, 1.54) is 19.1 Å². The highest BCUT2D eigenvalue weighted by atomic mass is 32.2. The molecule has 1 aromatic rings. The van der Waals surface area contributed by atoms with E-state index in [0.29, 0.717) is 6.42 Å².